The molecular formula is C13H22N4OS. The van der Waals surface area contributed by atoms with Crippen LogP contribution in [0.15, 0.2) is 0 Å². The Morgan fingerprint density at radius 1 is 1.53 bits per heavy atom. The fraction of sp³-hybridized carbons (Fsp3) is 0.692. The van der Waals surface area contributed by atoms with Crippen LogP contribution in [0.5, 0.6) is 0 Å². The first-order valence-electron chi connectivity index (χ1n) is 6.89. The van der Waals surface area contributed by atoms with Gasteiger partial charge in [-0.05, 0) is 30.3 Å². The Bertz CT molecular complexity index is 446. The summed E-state index contributed by atoms with van der Waals surface area (Å²) in [6.45, 7) is 2.24. The molecule has 0 aromatic carbocycles. The number of amides is 1. The number of nitrogens with zero attached hydrogens (tertiary/aromatic N) is 1. The minimum Gasteiger partial charge on any atom is -0.382 e. The number of aromatic nitrogens is 1. The number of carbonyl (C=O) groups is 1. The molecule has 1 aliphatic carbocycles. The van der Waals surface area contributed by atoms with Crippen molar-refractivity contribution in [1.29, 1.82) is 0 Å². The van der Waals surface area contributed by atoms with Crippen LogP contribution in [-0.2, 0) is 0 Å². The zero-order chi connectivity index (χ0) is 13.8. The van der Waals surface area contributed by atoms with Gasteiger partial charge in [0.05, 0.1) is 0 Å². The van der Waals surface area contributed by atoms with Gasteiger partial charge in [0.15, 0.2) is 5.82 Å². The quantitative estimate of drug-likeness (QED) is 0.792. The molecule has 0 spiro atoms. The van der Waals surface area contributed by atoms with Crippen LogP contribution < -0.4 is 16.4 Å². The van der Waals surface area contributed by atoms with Gasteiger partial charge in [0, 0.05) is 13.1 Å². The van der Waals surface area contributed by atoms with E-state index in [9.17, 15) is 4.79 Å². The van der Waals surface area contributed by atoms with Crippen molar-refractivity contribution < 1.29 is 4.79 Å². The van der Waals surface area contributed by atoms with E-state index in [0.717, 1.165) is 17.3 Å². The van der Waals surface area contributed by atoms with E-state index in [-0.39, 0.29) is 5.91 Å². The summed E-state index contributed by atoms with van der Waals surface area (Å²) in [6, 6.07) is 0.432. The Morgan fingerprint density at radius 2 is 2.32 bits per heavy atom. The minimum atomic E-state index is -0.170. The van der Waals surface area contributed by atoms with E-state index in [1.54, 1.807) is 7.05 Å². The molecular weight excluding hydrogens is 260 g/mol. The molecule has 106 valence electrons. The third-order valence-corrected chi connectivity index (χ3v) is 4.66. The SMILES string of the molecule is CCC1CCCC(Nc2snc(N)c2C(=O)NC)C1. The molecule has 0 aliphatic heterocycles. The Kier molecular flexibility index (Phi) is 4.63. The Balaban J connectivity index is 2.08. The van der Waals surface area contributed by atoms with Crippen molar-refractivity contribution in [2.75, 3.05) is 18.1 Å². The summed E-state index contributed by atoms with van der Waals surface area (Å²) in [7, 11) is 1.61. The number of nitrogen functional groups attached to an aromatic ring is 1. The van der Waals surface area contributed by atoms with Gasteiger partial charge >= 0.3 is 0 Å². The maximum Gasteiger partial charge on any atom is 0.257 e. The summed E-state index contributed by atoms with van der Waals surface area (Å²) in [5, 5.41) is 6.88. The first-order valence-corrected chi connectivity index (χ1v) is 7.66. The average molecular weight is 282 g/mol. The second-order valence-corrected chi connectivity index (χ2v) is 5.91. The normalized spacial score (nSPS) is 23.1. The van der Waals surface area contributed by atoms with Crippen LogP contribution in [0.3, 0.4) is 0 Å². The van der Waals surface area contributed by atoms with Gasteiger partial charge in [0.25, 0.3) is 5.91 Å². The summed E-state index contributed by atoms with van der Waals surface area (Å²) in [5.74, 6) is 0.936. The molecule has 1 fully saturated rings. The van der Waals surface area contributed by atoms with Gasteiger partial charge < -0.3 is 16.4 Å². The molecule has 1 aromatic heterocycles. The summed E-state index contributed by atoms with van der Waals surface area (Å²) >= 11 is 1.28. The van der Waals surface area contributed by atoms with Gasteiger partial charge in [0.1, 0.15) is 10.6 Å². The van der Waals surface area contributed by atoms with Crippen LogP contribution in [0.25, 0.3) is 0 Å². The van der Waals surface area contributed by atoms with E-state index in [1.807, 2.05) is 0 Å². The fourth-order valence-corrected chi connectivity index (χ4v) is 3.51. The van der Waals surface area contributed by atoms with Crippen molar-refractivity contribution in [2.45, 2.75) is 45.1 Å². The van der Waals surface area contributed by atoms with Crippen molar-refractivity contribution in [3.05, 3.63) is 5.56 Å². The van der Waals surface area contributed by atoms with E-state index in [1.165, 1.54) is 37.2 Å². The lowest BCUT2D eigenvalue weighted by atomic mass is 9.84. The topological polar surface area (TPSA) is 80.0 Å². The predicted octanol–water partition coefficient (Wildman–Crippen LogP) is 2.47. The molecule has 0 saturated heterocycles. The van der Waals surface area contributed by atoms with Crippen molar-refractivity contribution >= 4 is 28.3 Å². The molecule has 2 unspecified atom stereocenters. The molecule has 0 radical (unpaired) electrons. The van der Waals surface area contributed by atoms with Crippen LogP contribution in [-0.4, -0.2) is 23.4 Å². The second kappa shape index (κ2) is 6.23. The smallest absolute Gasteiger partial charge is 0.257 e. The van der Waals surface area contributed by atoms with Gasteiger partial charge in [-0.1, -0.05) is 26.2 Å². The molecule has 1 saturated carbocycles. The van der Waals surface area contributed by atoms with E-state index >= 15 is 0 Å². The van der Waals surface area contributed by atoms with Gasteiger partial charge in [-0.3, -0.25) is 4.79 Å². The van der Waals surface area contributed by atoms with Crippen LogP contribution in [0.2, 0.25) is 0 Å². The standard InChI is InChI=1S/C13H22N4OS/c1-3-8-5-4-6-9(7-8)16-13-10(12(18)15-2)11(14)17-19-13/h8-9,16H,3-7H2,1-2H3,(H2,14,17)(H,15,18). The number of hydrogen-bond donors (Lipinski definition) is 3. The molecule has 4 N–H and O–H groups in total. The first-order chi connectivity index (χ1) is 9.15. The molecule has 5 nitrogen and oxygen atoms in total. The highest BCUT2D eigenvalue weighted by Gasteiger charge is 2.24. The van der Waals surface area contributed by atoms with E-state index < -0.39 is 0 Å². The number of carbonyl (C=O) groups excluding carboxylic acids is 1. The highest BCUT2D eigenvalue weighted by Crippen LogP contribution is 2.32. The molecule has 0 bridgehead atoms. The van der Waals surface area contributed by atoms with Crippen LogP contribution in [0.1, 0.15) is 49.4 Å². The van der Waals surface area contributed by atoms with Crippen molar-refractivity contribution in [3.8, 4) is 0 Å². The van der Waals surface area contributed by atoms with E-state index in [0.29, 0.717) is 17.4 Å². The lowest BCUT2D eigenvalue weighted by Gasteiger charge is -2.29. The van der Waals surface area contributed by atoms with Crippen LogP contribution >= 0.6 is 11.5 Å². The summed E-state index contributed by atoms with van der Waals surface area (Å²) in [4.78, 5) is 11.8. The van der Waals surface area contributed by atoms with Crippen LogP contribution in [0, 0.1) is 5.92 Å². The zero-order valence-corrected chi connectivity index (χ0v) is 12.3. The van der Waals surface area contributed by atoms with Gasteiger partial charge in [-0.15, -0.1) is 0 Å². The number of hydrogen-bond acceptors (Lipinski definition) is 5. The summed E-state index contributed by atoms with van der Waals surface area (Å²) in [5.41, 5.74) is 6.27. The number of nitrogens with one attached hydrogen (secondary N) is 2. The predicted molar refractivity (Wildman–Crippen MR) is 79.6 cm³/mol. The Labute approximate surface area is 118 Å². The Morgan fingerprint density at radius 3 is 3.00 bits per heavy atom. The summed E-state index contributed by atoms with van der Waals surface area (Å²) < 4.78 is 4.09. The third kappa shape index (κ3) is 3.18. The zero-order valence-electron chi connectivity index (χ0n) is 11.5. The summed E-state index contributed by atoms with van der Waals surface area (Å²) in [6.07, 6.45) is 6.12. The molecule has 19 heavy (non-hydrogen) atoms. The average Bonchev–Trinajstić information content (AvgIpc) is 2.79. The van der Waals surface area contributed by atoms with Crippen molar-refractivity contribution in [3.63, 3.8) is 0 Å². The lowest BCUT2D eigenvalue weighted by Crippen LogP contribution is -2.28. The molecule has 1 aliphatic rings. The van der Waals surface area contributed by atoms with Crippen molar-refractivity contribution in [1.82, 2.24) is 9.69 Å². The third-order valence-electron chi connectivity index (χ3n) is 3.87. The molecule has 6 heteroatoms. The Hall–Kier alpha value is -1.30. The molecule has 1 amide bonds. The van der Waals surface area contributed by atoms with Gasteiger partial charge in [0.2, 0.25) is 0 Å². The van der Waals surface area contributed by atoms with Gasteiger partial charge in [-0.2, -0.15) is 4.37 Å². The second-order valence-electron chi connectivity index (χ2n) is 5.13. The number of nitrogens with two attached hydrogens (primary N) is 1. The van der Waals surface area contributed by atoms with Crippen LogP contribution in [0.4, 0.5) is 10.8 Å². The van der Waals surface area contributed by atoms with E-state index in [4.69, 9.17) is 5.73 Å². The largest absolute Gasteiger partial charge is 0.382 e. The van der Waals surface area contributed by atoms with Crippen molar-refractivity contribution in [2.24, 2.45) is 5.92 Å². The van der Waals surface area contributed by atoms with E-state index in [2.05, 4.69) is 21.9 Å². The molecule has 1 aromatic rings. The first kappa shape index (κ1) is 14.1. The number of rotatable bonds is 4. The lowest BCUT2D eigenvalue weighted by molar-refractivity contribution is 0.0965. The maximum atomic E-state index is 11.8. The monoisotopic (exact) mass is 282 g/mol. The molecule has 2 rings (SSSR count). The molecule has 2 atom stereocenters. The maximum absolute atomic E-state index is 11.8. The van der Waals surface area contributed by atoms with Gasteiger partial charge in [-0.25, -0.2) is 0 Å². The highest BCUT2D eigenvalue weighted by molar-refractivity contribution is 7.11. The minimum absolute atomic E-state index is 0.170. The number of anilines is 2. The fourth-order valence-electron chi connectivity index (χ4n) is 2.72. The highest BCUT2D eigenvalue weighted by atomic mass is 32.1. The molecule has 1 heterocycles.